The van der Waals surface area contributed by atoms with Gasteiger partial charge in [-0.1, -0.05) is 18.6 Å². The van der Waals surface area contributed by atoms with E-state index in [9.17, 15) is 9.59 Å². The summed E-state index contributed by atoms with van der Waals surface area (Å²) in [6, 6.07) is 0. The molecule has 152 valence electrons. The van der Waals surface area contributed by atoms with Crippen LogP contribution < -0.4 is 0 Å². The normalized spacial score (nSPS) is 44.4. The lowest BCUT2D eigenvalue weighted by molar-refractivity contribution is -0.149. The van der Waals surface area contributed by atoms with Crippen molar-refractivity contribution in [3.8, 4) is 0 Å². The van der Waals surface area contributed by atoms with Crippen molar-refractivity contribution in [3.05, 3.63) is 23.1 Å². The maximum absolute atomic E-state index is 12.4. The van der Waals surface area contributed by atoms with Gasteiger partial charge in [-0.15, -0.1) is 0 Å². The van der Waals surface area contributed by atoms with Crippen molar-refractivity contribution < 1.29 is 14.3 Å². The summed E-state index contributed by atoms with van der Waals surface area (Å²) >= 11 is 0. The molecule has 4 nitrogen and oxygen atoms in total. The number of nitrogens with zero attached hydrogens (tertiary/aromatic N) is 1. The molecule has 0 aromatic heterocycles. The van der Waals surface area contributed by atoms with Crippen molar-refractivity contribution in [2.75, 3.05) is 6.54 Å². The van der Waals surface area contributed by atoms with Gasteiger partial charge in [0.05, 0.1) is 5.41 Å². The van der Waals surface area contributed by atoms with E-state index in [1.54, 1.807) is 6.92 Å². The van der Waals surface area contributed by atoms with Crippen molar-refractivity contribution in [3.63, 3.8) is 0 Å². The summed E-state index contributed by atoms with van der Waals surface area (Å²) in [4.78, 5) is 27.6. The lowest BCUT2D eigenvalue weighted by atomic mass is 9.47. The third-order valence-corrected chi connectivity index (χ3v) is 8.97. The molecule has 0 N–H and O–H groups in total. The Balaban J connectivity index is 1.62. The number of esters is 1. The molecule has 7 atom stereocenters. The topological polar surface area (TPSA) is 47.7 Å². The van der Waals surface area contributed by atoms with Gasteiger partial charge in [0.15, 0.2) is 0 Å². The fourth-order valence-electron chi connectivity index (χ4n) is 7.84. The average molecular weight is 384 g/mol. The first-order valence-electron chi connectivity index (χ1n) is 11.0. The summed E-state index contributed by atoms with van der Waals surface area (Å²) in [5.74, 6) is 1.95. The summed E-state index contributed by atoms with van der Waals surface area (Å²) in [6.07, 6.45) is 10.7. The highest BCUT2D eigenvalue weighted by molar-refractivity contribution is 5.79. The first kappa shape index (κ1) is 19.7. The van der Waals surface area contributed by atoms with Gasteiger partial charge in [-0.05, 0) is 75.0 Å². The smallest absolute Gasteiger partial charge is 0.302 e. The van der Waals surface area contributed by atoms with Crippen LogP contribution in [0.15, 0.2) is 11.6 Å². The van der Waals surface area contributed by atoms with Crippen LogP contribution in [0, 0.1) is 41.1 Å². The van der Waals surface area contributed by atoms with Gasteiger partial charge in [-0.2, -0.15) is 0 Å². The zero-order valence-electron chi connectivity index (χ0n) is 17.5. The van der Waals surface area contributed by atoms with E-state index >= 15 is 0 Å². The second-order valence-electron chi connectivity index (χ2n) is 10.1. The van der Waals surface area contributed by atoms with Gasteiger partial charge in [-0.25, -0.2) is 6.57 Å². The number of ketones is 1. The Kier molecular flexibility index (Phi) is 4.92. The molecule has 0 saturated heterocycles. The van der Waals surface area contributed by atoms with Crippen molar-refractivity contribution in [1.82, 2.24) is 0 Å². The highest BCUT2D eigenvalue weighted by Crippen LogP contribution is 2.66. The SMILES string of the molecule is [C-]#[N+]C[C@]12CCC3C(CC=C4C[C@@H](OC(C)=O)CC[C@@]43C)C1CC[C@@H]2C(C)=O. The molecule has 3 saturated carbocycles. The number of rotatable bonds is 3. The number of allylic oxidation sites excluding steroid dienone is 1. The van der Waals surface area contributed by atoms with Crippen LogP contribution in [0.2, 0.25) is 0 Å². The Morgan fingerprint density at radius 2 is 1.96 bits per heavy atom. The van der Waals surface area contributed by atoms with Crippen LogP contribution in [-0.4, -0.2) is 24.4 Å². The molecule has 0 aromatic rings. The van der Waals surface area contributed by atoms with Gasteiger partial charge in [0.25, 0.3) is 0 Å². The van der Waals surface area contributed by atoms with E-state index in [0.717, 1.165) is 51.4 Å². The maximum Gasteiger partial charge on any atom is 0.302 e. The molecule has 0 aliphatic heterocycles. The molecule has 4 rings (SSSR count). The molecule has 0 heterocycles. The van der Waals surface area contributed by atoms with Crippen LogP contribution in [-0.2, 0) is 14.3 Å². The summed E-state index contributed by atoms with van der Waals surface area (Å²) in [6.45, 7) is 13.8. The van der Waals surface area contributed by atoms with E-state index < -0.39 is 0 Å². The first-order valence-corrected chi connectivity index (χ1v) is 11.0. The number of fused-ring (bicyclic) bond motifs is 5. The minimum Gasteiger partial charge on any atom is -0.462 e. The predicted molar refractivity (Wildman–Crippen MR) is 107 cm³/mol. The first-order chi connectivity index (χ1) is 13.3. The highest BCUT2D eigenvalue weighted by Gasteiger charge is 2.62. The van der Waals surface area contributed by atoms with Crippen molar-refractivity contribution in [2.24, 2.45) is 34.5 Å². The van der Waals surface area contributed by atoms with E-state index in [1.165, 1.54) is 12.5 Å². The molecule has 4 aliphatic carbocycles. The Morgan fingerprint density at radius 1 is 1.18 bits per heavy atom. The second kappa shape index (κ2) is 7.01. The predicted octanol–water partition coefficient (Wildman–Crippen LogP) is 4.99. The van der Waals surface area contributed by atoms with Gasteiger partial charge < -0.3 is 9.58 Å². The number of hydrogen-bond donors (Lipinski definition) is 0. The highest BCUT2D eigenvalue weighted by atomic mass is 16.5. The van der Waals surface area contributed by atoms with Crippen molar-refractivity contribution >= 4 is 11.8 Å². The third-order valence-electron chi connectivity index (χ3n) is 8.97. The van der Waals surface area contributed by atoms with E-state index in [1.807, 2.05) is 0 Å². The molecular weight excluding hydrogens is 350 g/mol. The van der Waals surface area contributed by atoms with E-state index in [0.29, 0.717) is 30.1 Å². The molecule has 0 aromatic carbocycles. The lowest BCUT2D eigenvalue weighted by Crippen LogP contribution is -2.52. The molecular formula is C24H33NO3. The molecule has 0 bridgehead atoms. The molecule has 3 fully saturated rings. The molecule has 0 amide bonds. The number of ether oxygens (including phenoxy) is 1. The number of hydrogen-bond acceptors (Lipinski definition) is 3. The monoisotopic (exact) mass is 383 g/mol. The summed E-state index contributed by atoms with van der Waals surface area (Å²) in [5, 5.41) is 0. The van der Waals surface area contributed by atoms with Gasteiger partial charge in [0, 0.05) is 19.3 Å². The largest absolute Gasteiger partial charge is 0.462 e. The quantitative estimate of drug-likeness (QED) is 0.392. The fourth-order valence-corrected chi connectivity index (χ4v) is 7.84. The summed E-state index contributed by atoms with van der Waals surface area (Å²) in [7, 11) is 0. The Labute approximate surface area is 168 Å². The van der Waals surface area contributed by atoms with Crippen LogP contribution in [0.5, 0.6) is 0 Å². The Morgan fingerprint density at radius 3 is 2.64 bits per heavy atom. The number of Topliss-reactive ketones (excluding diaryl/α,β-unsaturated/α-hetero) is 1. The molecule has 0 radical (unpaired) electrons. The standard InChI is InChI=1S/C24H33NO3/c1-15(26)20-7-8-22-19-6-5-17-13-18(28-16(2)27)9-11-23(17,3)21(19)10-12-24(20,22)14-25-4/h5,18-22H,6-14H2,1-3H3/t18-,19?,20+,21?,22?,23-,24-/m0/s1. The molecule has 4 heteroatoms. The maximum atomic E-state index is 12.4. The van der Waals surface area contributed by atoms with Gasteiger partial charge in [-0.3, -0.25) is 9.59 Å². The summed E-state index contributed by atoms with van der Waals surface area (Å²) < 4.78 is 5.53. The van der Waals surface area contributed by atoms with Crippen LogP contribution in [0.25, 0.3) is 4.85 Å². The number of carbonyl (C=O) groups excluding carboxylic acids is 2. The van der Waals surface area contributed by atoms with Crippen molar-refractivity contribution in [1.29, 1.82) is 0 Å². The van der Waals surface area contributed by atoms with Gasteiger partial charge >= 0.3 is 5.97 Å². The minimum absolute atomic E-state index is 0.0340. The lowest BCUT2D eigenvalue weighted by Gasteiger charge is -2.57. The van der Waals surface area contributed by atoms with E-state index in [-0.39, 0.29) is 28.8 Å². The zero-order chi connectivity index (χ0) is 20.1. The Bertz CT molecular complexity index is 749. The molecule has 28 heavy (non-hydrogen) atoms. The summed E-state index contributed by atoms with van der Waals surface area (Å²) in [5.41, 5.74) is 1.61. The van der Waals surface area contributed by atoms with Crippen LogP contribution >= 0.6 is 0 Å². The van der Waals surface area contributed by atoms with Crippen LogP contribution in [0.1, 0.15) is 72.1 Å². The number of carbonyl (C=O) groups is 2. The third kappa shape index (κ3) is 2.85. The Hall–Kier alpha value is -1.63. The van der Waals surface area contributed by atoms with E-state index in [2.05, 4.69) is 17.8 Å². The average Bonchev–Trinajstić information content (AvgIpc) is 3.01. The molecule has 4 aliphatic rings. The van der Waals surface area contributed by atoms with Crippen molar-refractivity contribution in [2.45, 2.75) is 78.2 Å². The van der Waals surface area contributed by atoms with E-state index in [4.69, 9.17) is 11.3 Å². The second-order valence-corrected chi connectivity index (χ2v) is 10.1. The molecule has 3 unspecified atom stereocenters. The zero-order valence-corrected chi connectivity index (χ0v) is 17.5. The van der Waals surface area contributed by atoms with Gasteiger partial charge in [0.2, 0.25) is 6.54 Å². The minimum atomic E-state index is -0.175. The van der Waals surface area contributed by atoms with Gasteiger partial charge in [0.1, 0.15) is 11.9 Å². The van der Waals surface area contributed by atoms with Crippen LogP contribution in [0.4, 0.5) is 0 Å². The van der Waals surface area contributed by atoms with Crippen LogP contribution in [0.3, 0.4) is 0 Å². The fraction of sp³-hybridized carbons (Fsp3) is 0.792. The molecule has 0 spiro atoms.